The molecule has 0 bridgehead atoms. The van der Waals surface area contributed by atoms with E-state index in [4.69, 9.17) is 33.3 Å². The van der Waals surface area contributed by atoms with Crippen LogP contribution in [0.3, 0.4) is 0 Å². The van der Waals surface area contributed by atoms with E-state index in [0.717, 1.165) is 34.6 Å². The summed E-state index contributed by atoms with van der Waals surface area (Å²) in [6, 6.07) is 23.1. The summed E-state index contributed by atoms with van der Waals surface area (Å²) in [6.45, 7) is 0.940. The Morgan fingerprint density at radius 2 is 1.70 bits per heavy atom. The Morgan fingerprint density at radius 1 is 1.00 bits per heavy atom. The van der Waals surface area contributed by atoms with Gasteiger partial charge in [-0.15, -0.1) is 0 Å². The Labute approximate surface area is 208 Å². The topological polar surface area (TPSA) is 38.8 Å². The number of carbonyl (C=O) groups is 1. The Morgan fingerprint density at radius 3 is 2.39 bits per heavy atom. The van der Waals surface area contributed by atoms with Crippen LogP contribution in [0.15, 0.2) is 77.7 Å². The molecule has 1 fully saturated rings. The lowest BCUT2D eigenvalue weighted by Gasteiger charge is -2.14. The molecule has 3 aromatic carbocycles. The van der Waals surface area contributed by atoms with Gasteiger partial charge in [-0.3, -0.25) is 9.69 Å². The van der Waals surface area contributed by atoms with E-state index in [0.29, 0.717) is 27.4 Å². The van der Waals surface area contributed by atoms with Crippen LogP contribution < -0.4 is 9.47 Å². The summed E-state index contributed by atoms with van der Waals surface area (Å²) in [4.78, 5) is 15.2. The van der Waals surface area contributed by atoms with Gasteiger partial charge in [0, 0.05) is 17.1 Å². The molecule has 4 rings (SSSR count). The third kappa shape index (κ3) is 5.96. The SMILES string of the molecule is COc1ccc(CCN2C(=O)C(=Cc3ccc(OCc4ccccc4Cl)cc3)SC2=S)cc1. The van der Waals surface area contributed by atoms with Gasteiger partial charge in [0.25, 0.3) is 5.91 Å². The fourth-order valence-corrected chi connectivity index (χ4v) is 4.81. The monoisotopic (exact) mass is 495 g/mol. The van der Waals surface area contributed by atoms with E-state index in [1.165, 1.54) is 11.8 Å². The zero-order valence-electron chi connectivity index (χ0n) is 18.0. The van der Waals surface area contributed by atoms with E-state index in [2.05, 4.69) is 0 Å². The van der Waals surface area contributed by atoms with Crippen LogP contribution in [0, 0.1) is 0 Å². The Balaban J connectivity index is 1.35. The number of carbonyl (C=O) groups excluding carboxylic acids is 1. The number of ether oxygens (including phenoxy) is 2. The van der Waals surface area contributed by atoms with Crippen molar-refractivity contribution in [2.24, 2.45) is 0 Å². The van der Waals surface area contributed by atoms with Crippen molar-refractivity contribution in [3.05, 3.63) is 99.4 Å². The molecule has 0 aromatic heterocycles. The van der Waals surface area contributed by atoms with Crippen LogP contribution in [-0.2, 0) is 17.8 Å². The number of thioether (sulfide) groups is 1. The van der Waals surface area contributed by atoms with E-state index in [-0.39, 0.29) is 5.91 Å². The fraction of sp³-hybridized carbons (Fsp3) is 0.154. The van der Waals surface area contributed by atoms with Crippen LogP contribution in [0.5, 0.6) is 11.5 Å². The van der Waals surface area contributed by atoms with Crippen molar-refractivity contribution in [2.75, 3.05) is 13.7 Å². The van der Waals surface area contributed by atoms with Gasteiger partial charge in [0.2, 0.25) is 0 Å². The Bertz CT molecular complexity index is 1180. The molecule has 1 heterocycles. The lowest BCUT2D eigenvalue weighted by Crippen LogP contribution is -2.30. The summed E-state index contributed by atoms with van der Waals surface area (Å²) in [5.41, 5.74) is 2.97. The lowest BCUT2D eigenvalue weighted by molar-refractivity contribution is -0.122. The van der Waals surface area contributed by atoms with Crippen molar-refractivity contribution in [1.82, 2.24) is 4.90 Å². The van der Waals surface area contributed by atoms with Crippen molar-refractivity contribution in [1.29, 1.82) is 0 Å². The highest BCUT2D eigenvalue weighted by molar-refractivity contribution is 8.26. The minimum Gasteiger partial charge on any atom is -0.497 e. The van der Waals surface area contributed by atoms with E-state index in [1.54, 1.807) is 12.0 Å². The maximum atomic E-state index is 12.9. The number of hydrogen-bond acceptors (Lipinski definition) is 5. The summed E-state index contributed by atoms with van der Waals surface area (Å²) >= 11 is 13.0. The number of methoxy groups -OCH3 is 1. The lowest BCUT2D eigenvalue weighted by atomic mass is 10.1. The van der Waals surface area contributed by atoms with Gasteiger partial charge in [0.05, 0.1) is 12.0 Å². The maximum absolute atomic E-state index is 12.9. The molecule has 1 amide bonds. The maximum Gasteiger partial charge on any atom is 0.266 e. The average molecular weight is 496 g/mol. The average Bonchev–Trinajstić information content (AvgIpc) is 3.10. The minimum atomic E-state index is -0.0578. The molecule has 0 aliphatic carbocycles. The second kappa shape index (κ2) is 10.9. The molecule has 4 nitrogen and oxygen atoms in total. The van der Waals surface area contributed by atoms with Gasteiger partial charge in [-0.05, 0) is 54.0 Å². The van der Waals surface area contributed by atoms with E-state index < -0.39 is 0 Å². The minimum absolute atomic E-state index is 0.0578. The summed E-state index contributed by atoms with van der Waals surface area (Å²) in [7, 11) is 1.64. The molecular formula is C26H22ClNO3S2. The van der Waals surface area contributed by atoms with E-state index in [9.17, 15) is 4.79 Å². The predicted molar refractivity (Wildman–Crippen MR) is 139 cm³/mol. The number of rotatable bonds is 8. The number of nitrogens with zero attached hydrogens (tertiary/aromatic N) is 1. The summed E-state index contributed by atoms with van der Waals surface area (Å²) in [6.07, 6.45) is 2.59. The van der Waals surface area contributed by atoms with Crippen LogP contribution in [0.4, 0.5) is 0 Å². The zero-order valence-corrected chi connectivity index (χ0v) is 20.4. The Hall–Kier alpha value is -2.80. The molecule has 33 heavy (non-hydrogen) atoms. The van der Waals surface area contributed by atoms with Crippen LogP contribution in [-0.4, -0.2) is 28.8 Å². The Kier molecular flexibility index (Phi) is 7.70. The summed E-state index contributed by atoms with van der Waals surface area (Å²) in [5.74, 6) is 1.49. The number of amides is 1. The molecule has 0 N–H and O–H groups in total. The van der Waals surface area contributed by atoms with Crippen molar-refractivity contribution >= 4 is 51.9 Å². The van der Waals surface area contributed by atoms with Gasteiger partial charge >= 0.3 is 0 Å². The van der Waals surface area contributed by atoms with Crippen LogP contribution >= 0.6 is 35.6 Å². The molecule has 0 saturated carbocycles. The first-order chi connectivity index (χ1) is 16.0. The van der Waals surface area contributed by atoms with Gasteiger partial charge in [-0.2, -0.15) is 0 Å². The fourth-order valence-electron chi connectivity index (χ4n) is 3.31. The normalized spacial score (nSPS) is 14.7. The highest BCUT2D eigenvalue weighted by Gasteiger charge is 2.31. The number of hydrogen-bond donors (Lipinski definition) is 0. The van der Waals surface area contributed by atoms with Gasteiger partial charge in [-0.25, -0.2) is 0 Å². The summed E-state index contributed by atoms with van der Waals surface area (Å²) < 4.78 is 11.6. The third-order valence-electron chi connectivity index (χ3n) is 5.19. The molecule has 1 aliphatic rings. The third-order valence-corrected chi connectivity index (χ3v) is 6.93. The van der Waals surface area contributed by atoms with Crippen molar-refractivity contribution in [2.45, 2.75) is 13.0 Å². The zero-order chi connectivity index (χ0) is 23.2. The second-order valence-electron chi connectivity index (χ2n) is 7.38. The molecule has 0 spiro atoms. The van der Waals surface area contributed by atoms with E-state index >= 15 is 0 Å². The number of thiocarbonyl (C=S) groups is 1. The van der Waals surface area contributed by atoms with Gasteiger partial charge in [-0.1, -0.05) is 78.0 Å². The molecule has 1 saturated heterocycles. The standard InChI is InChI=1S/C26H22ClNO3S2/c1-30-21-10-6-18(7-11-21)14-15-28-25(29)24(33-26(28)32)16-19-8-12-22(13-9-19)31-17-20-4-2-3-5-23(20)27/h2-13,16H,14-15,17H2,1H3. The van der Waals surface area contributed by atoms with Crippen LogP contribution in [0.1, 0.15) is 16.7 Å². The van der Waals surface area contributed by atoms with Crippen molar-refractivity contribution < 1.29 is 14.3 Å². The first-order valence-corrected chi connectivity index (χ1v) is 12.0. The van der Waals surface area contributed by atoms with Crippen molar-refractivity contribution in [3.63, 3.8) is 0 Å². The first kappa shape index (κ1) is 23.4. The second-order valence-corrected chi connectivity index (χ2v) is 9.46. The van der Waals surface area contributed by atoms with Gasteiger partial charge < -0.3 is 9.47 Å². The molecule has 0 unspecified atom stereocenters. The molecule has 3 aromatic rings. The number of halogens is 1. The summed E-state index contributed by atoms with van der Waals surface area (Å²) in [5, 5.41) is 0.683. The highest BCUT2D eigenvalue weighted by atomic mass is 35.5. The van der Waals surface area contributed by atoms with Gasteiger partial charge in [0.15, 0.2) is 0 Å². The molecular weight excluding hydrogens is 474 g/mol. The first-order valence-electron chi connectivity index (χ1n) is 10.4. The van der Waals surface area contributed by atoms with E-state index in [1.807, 2.05) is 78.9 Å². The van der Waals surface area contributed by atoms with Crippen LogP contribution in [0.25, 0.3) is 6.08 Å². The molecule has 0 radical (unpaired) electrons. The largest absolute Gasteiger partial charge is 0.497 e. The van der Waals surface area contributed by atoms with Crippen molar-refractivity contribution in [3.8, 4) is 11.5 Å². The predicted octanol–water partition coefficient (Wildman–Crippen LogP) is 6.37. The number of benzene rings is 3. The molecule has 0 atom stereocenters. The highest BCUT2D eigenvalue weighted by Crippen LogP contribution is 2.33. The smallest absolute Gasteiger partial charge is 0.266 e. The molecule has 168 valence electrons. The van der Waals surface area contributed by atoms with Gasteiger partial charge in [0.1, 0.15) is 22.4 Å². The molecule has 1 aliphatic heterocycles. The van der Waals surface area contributed by atoms with Crippen LogP contribution in [0.2, 0.25) is 5.02 Å². The quantitative estimate of drug-likeness (QED) is 0.268. The molecule has 7 heteroatoms.